The molecule has 3 aromatic carbocycles. The quantitative estimate of drug-likeness (QED) is 0.215. The third kappa shape index (κ3) is 7.50. The van der Waals surface area contributed by atoms with Gasteiger partial charge < -0.3 is 39.8 Å². The fourth-order valence-corrected chi connectivity index (χ4v) is 4.97. The maximum absolute atomic E-state index is 14.2. The average molecular weight is 675 g/mol. The molecule has 13 nitrogen and oxygen atoms in total. The molecule has 48 heavy (non-hydrogen) atoms. The highest BCUT2D eigenvalue weighted by molar-refractivity contribution is 6.06. The summed E-state index contributed by atoms with van der Waals surface area (Å²) in [4.78, 5) is 66.5. The first-order valence-electron chi connectivity index (χ1n) is 14.6. The molecule has 0 bridgehead atoms. The number of aliphatic hydroxyl groups is 1. The van der Waals surface area contributed by atoms with E-state index in [2.05, 4.69) is 15.4 Å². The number of ether oxygens (including phenoxy) is 3. The molecule has 0 aromatic heterocycles. The van der Waals surface area contributed by atoms with Gasteiger partial charge >= 0.3 is 18.1 Å². The lowest BCUT2D eigenvalue weighted by atomic mass is 10.00. The molecule has 1 aliphatic heterocycles. The summed E-state index contributed by atoms with van der Waals surface area (Å²) < 4.78 is 53.6. The summed E-state index contributed by atoms with van der Waals surface area (Å²) in [5.74, 6) is -5.40. The summed E-state index contributed by atoms with van der Waals surface area (Å²) in [7, 11) is 4.45. The third-order valence-electron chi connectivity index (χ3n) is 7.68. The van der Waals surface area contributed by atoms with Crippen molar-refractivity contribution >= 4 is 46.1 Å². The summed E-state index contributed by atoms with van der Waals surface area (Å²) >= 11 is 0. The van der Waals surface area contributed by atoms with Crippen LogP contribution in [0, 0.1) is 0 Å². The van der Waals surface area contributed by atoms with E-state index >= 15 is 0 Å². The van der Waals surface area contributed by atoms with Gasteiger partial charge in [0.15, 0.2) is 5.75 Å². The smallest absolute Gasteiger partial charge is 0.491 e. The van der Waals surface area contributed by atoms with E-state index in [0.717, 1.165) is 6.07 Å². The van der Waals surface area contributed by atoms with E-state index in [0.29, 0.717) is 22.1 Å². The highest BCUT2D eigenvalue weighted by Crippen LogP contribution is 2.39. The molecule has 3 aromatic rings. The van der Waals surface area contributed by atoms with Gasteiger partial charge in [-0.25, -0.2) is 9.59 Å². The van der Waals surface area contributed by atoms with Gasteiger partial charge in [-0.05, 0) is 55.1 Å². The van der Waals surface area contributed by atoms with Crippen LogP contribution < -0.4 is 25.0 Å². The van der Waals surface area contributed by atoms with Crippen LogP contribution in [0.3, 0.4) is 0 Å². The maximum Gasteiger partial charge on any atom is 0.491 e. The number of nitrogens with zero attached hydrogens (tertiary/aromatic N) is 2. The number of fused-ring (bicyclic) bond motifs is 2. The number of nitrogens with one attached hydrogen (secondary N) is 2. The topological polar surface area (TPSA) is 164 Å². The number of carbonyl (C=O) groups excluding carboxylic acids is 5. The normalized spacial score (nSPS) is 15.1. The number of hydrogen-bond donors (Lipinski definition) is 3. The van der Waals surface area contributed by atoms with Crippen LogP contribution in [-0.2, 0) is 25.7 Å². The molecule has 1 aliphatic rings. The third-order valence-corrected chi connectivity index (χ3v) is 7.68. The second-order valence-corrected chi connectivity index (χ2v) is 10.8. The van der Waals surface area contributed by atoms with Gasteiger partial charge in [0.2, 0.25) is 5.91 Å². The Morgan fingerprint density at radius 3 is 2.52 bits per heavy atom. The zero-order valence-electron chi connectivity index (χ0n) is 26.3. The first kappa shape index (κ1) is 35.6. The van der Waals surface area contributed by atoms with Gasteiger partial charge in [0.05, 0.1) is 43.1 Å². The monoisotopic (exact) mass is 674 g/mol. The first-order valence-corrected chi connectivity index (χ1v) is 14.6. The number of alkyl halides is 3. The summed E-state index contributed by atoms with van der Waals surface area (Å²) in [6.45, 7) is 0.789. The first-order chi connectivity index (χ1) is 22.7. The maximum atomic E-state index is 14.2. The molecule has 4 rings (SSSR count). The van der Waals surface area contributed by atoms with Crippen LogP contribution >= 0.6 is 0 Å². The Labute approximate surface area is 272 Å². The Morgan fingerprint density at radius 1 is 1.15 bits per heavy atom. The van der Waals surface area contributed by atoms with Gasteiger partial charge in [0.25, 0.3) is 11.8 Å². The Hall–Kier alpha value is -5.22. The van der Waals surface area contributed by atoms with Crippen molar-refractivity contribution in [1.82, 2.24) is 15.5 Å². The molecule has 0 saturated carbocycles. The summed E-state index contributed by atoms with van der Waals surface area (Å²) in [6, 6.07) is 9.57. The van der Waals surface area contributed by atoms with E-state index in [1.54, 1.807) is 26.1 Å². The van der Waals surface area contributed by atoms with E-state index in [4.69, 9.17) is 9.47 Å². The number of methoxy groups -OCH3 is 1. The van der Waals surface area contributed by atoms with Crippen LogP contribution in [0.4, 0.5) is 18.9 Å². The van der Waals surface area contributed by atoms with Gasteiger partial charge in [-0.3, -0.25) is 14.4 Å². The van der Waals surface area contributed by atoms with E-state index < -0.39 is 47.9 Å². The molecule has 3 amide bonds. The van der Waals surface area contributed by atoms with Gasteiger partial charge in [-0.2, -0.15) is 13.2 Å². The van der Waals surface area contributed by atoms with Crippen LogP contribution in [0.5, 0.6) is 11.5 Å². The Bertz CT molecular complexity index is 1750. The SMILES string of the molecule is CN[C@@H](C)C(=O)N[C@H]1COc2c(C(=O)N(C)CCO)cccc2N(Cc2c(OC)ccc3cc(C(=O)OC(=O)C(F)(F)F)ccc23)C1=O. The Balaban J connectivity index is 1.82. The van der Waals surface area contributed by atoms with Crippen LogP contribution in [-0.4, -0.2) is 98.9 Å². The number of benzene rings is 3. The van der Waals surface area contributed by atoms with Crippen LogP contribution in [0.15, 0.2) is 48.5 Å². The van der Waals surface area contributed by atoms with Crippen LogP contribution in [0.1, 0.15) is 33.2 Å². The predicted molar refractivity (Wildman–Crippen MR) is 165 cm³/mol. The number of para-hydroxylation sites is 1. The molecule has 0 spiro atoms. The van der Waals surface area contributed by atoms with E-state index in [9.17, 15) is 42.3 Å². The highest BCUT2D eigenvalue weighted by atomic mass is 19.4. The molecule has 2 atom stereocenters. The standard InChI is InChI=1S/C32H33F3N4O9/c1-17(36-2)27(41)37-23-16-47-26-21(28(42)38(3)12-13-40)6-5-7-24(26)39(29(23)43)15-22-20-10-8-19(14-18(20)9-11-25(22)46-4)30(44)48-31(45)32(33,34)35/h5-11,14,17,23,36,40H,12-13,15-16H2,1-4H3,(H,37,41)/t17-,23-/m0/s1. The zero-order chi connectivity index (χ0) is 35.3. The van der Waals surface area contributed by atoms with Gasteiger partial charge in [-0.1, -0.05) is 18.2 Å². The number of anilines is 1. The summed E-state index contributed by atoms with van der Waals surface area (Å²) in [6.07, 6.45) is -5.37. The molecule has 16 heteroatoms. The molecule has 0 radical (unpaired) electrons. The van der Waals surface area contributed by atoms with E-state index in [-0.39, 0.29) is 48.9 Å². The van der Waals surface area contributed by atoms with Crippen molar-refractivity contribution in [2.45, 2.75) is 31.7 Å². The Kier molecular flexibility index (Phi) is 10.9. The lowest BCUT2D eigenvalue weighted by Crippen LogP contribution is -2.53. The number of carbonyl (C=O) groups is 5. The lowest BCUT2D eigenvalue weighted by Gasteiger charge is -2.27. The molecule has 3 N–H and O–H groups in total. The van der Waals surface area contributed by atoms with Gasteiger partial charge in [0, 0.05) is 19.2 Å². The number of esters is 2. The molecule has 0 fully saturated rings. The molecule has 0 aliphatic carbocycles. The largest absolute Gasteiger partial charge is 0.496 e. The number of rotatable bonds is 10. The summed E-state index contributed by atoms with van der Waals surface area (Å²) in [5.41, 5.74) is 0.340. The second-order valence-electron chi connectivity index (χ2n) is 10.8. The van der Waals surface area contributed by atoms with Crippen molar-refractivity contribution in [3.8, 4) is 11.5 Å². The summed E-state index contributed by atoms with van der Waals surface area (Å²) in [5, 5.41) is 15.6. The number of aliphatic hydroxyl groups excluding tert-OH is 1. The van der Waals surface area contributed by atoms with Crippen molar-refractivity contribution in [3.05, 3.63) is 65.2 Å². The minimum Gasteiger partial charge on any atom is -0.496 e. The highest BCUT2D eigenvalue weighted by Gasteiger charge is 2.42. The molecule has 0 saturated heterocycles. The lowest BCUT2D eigenvalue weighted by molar-refractivity contribution is -0.193. The van der Waals surface area contributed by atoms with Crippen molar-refractivity contribution in [2.24, 2.45) is 0 Å². The number of amides is 3. The second kappa shape index (κ2) is 14.7. The van der Waals surface area contributed by atoms with Crippen molar-refractivity contribution in [3.63, 3.8) is 0 Å². The molecule has 1 heterocycles. The van der Waals surface area contributed by atoms with Crippen LogP contribution in [0.25, 0.3) is 10.8 Å². The fraction of sp³-hybridized carbons (Fsp3) is 0.344. The molecule has 0 unspecified atom stereocenters. The Morgan fingerprint density at radius 2 is 1.88 bits per heavy atom. The van der Waals surface area contributed by atoms with Crippen molar-refractivity contribution in [1.29, 1.82) is 0 Å². The van der Waals surface area contributed by atoms with E-state index in [1.165, 1.54) is 54.3 Å². The molecule has 256 valence electrons. The van der Waals surface area contributed by atoms with Crippen LogP contribution in [0.2, 0.25) is 0 Å². The predicted octanol–water partition coefficient (Wildman–Crippen LogP) is 2.18. The van der Waals surface area contributed by atoms with Crippen molar-refractivity contribution < 1.29 is 56.5 Å². The minimum absolute atomic E-state index is 0.0266. The number of likely N-dealkylation sites (N-methyl/N-ethyl adjacent to an activating group) is 2. The molecular formula is C32H33F3N4O9. The number of hydrogen-bond acceptors (Lipinski definition) is 10. The fourth-order valence-electron chi connectivity index (χ4n) is 4.97. The zero-order valence-corrected chi connectivity index (χ0v) is 26.3. The van der Waals surface area contributed by atoms with Gasteiger partial charge in [0.1, 0.15) is 18.4 Å². The number of halogens is 3. The minimum atomic E-state index is -5.37. The molecular weight excluding hydrogens is 641 g/mol. The van der Waals surface area contributed by atoms with Gasteiger partial charge in [-0.15, -0.1) is 0 Å². The average Bonchev–Trinajstić information content (AvgIpc) is 3.19. The van der Waals surface area contributed by atoms with Crippen molar-refractivity contribution in [2.75, 3.05) is 45.9 Å². The van der Waals surface area contributed by atoms with E-state index in [1.807, 2.05) is 0 Å².